The highest BCUT2D eigenvalue weighted by Gasteiger charge is 2.14. The quantitative estimate of drug-likeness (QED) is 0.841. The second kappa shape index (κ2) is 5.78. The lowest BCUT2D eigenvalue weighted by Crippen LogP contribution is -2.29. The van der Waals surface area contributed by atoms with Crippen molar-refractivity contribution in [3.8, 4) is 0 Å². The van der Waals surface area contributed by atoms with Gasteiger partial charge in [-0.2, -0.15) is 0 Å². The van der Waals surface area contributed by atoms with Gasteiger partial charge in [0, 0.05) is 23.2 Å². The zero-order chi connectivity index (χ0) is 12.2. The van der Waals surface area contributed by atoms with Gasteiger partial charge in [-0.05, 0) is 32.1 Å². The van der Waals surface area contributed by atoms with Gasteiger partial charge in [-0.25, -0.2) is 0 Å². The van der Waals surface area contributed by atoms with Crippen LogP contribution >= 0.6 is 11.3 Å². The van der Waals surface area contributed by atoms with Crippen molar-refractivity contribution in [3.63, 3.8) is 0 Å². The van der Waals surface area contributed by atoms with Crippen molar-refractivity contribution in [1.29, 1.82) is 0 Å². The van der Waals surface area contributed by atoms with Crippen molar-refractivity contribution in [2.24, 2.45) is 5.41 Å². The molecule has 0 amide bonds. The molecule has 2 atom stereocenters. The molecule has 3 heteroatoms. The second-order valence-corrected chi connectivity index (χ2v) is 6.71. The lowest BCUT2D eigenvalue weighted by molar-refractivity contribution is 0.328. The SMILES string of the molecule is CC(CCC(C)(C)C)NC(C)c1cncs1. The maximum absolute atomic E-state index is 4.11. The van der Waals surface area contributed by atoms with Crippen LogP contribution in [-0.2, 0) is 0 Å². The predicted molar refractivity (Wildman–Crippen MR) is 71.8 cm³/mol. The molecular formula is C13H24N2S. The minimum absolute atomic E-state index is 0.419. The van der Waals surface area contributed by atoms with Crippen molar-refractivity contribution in [2.45, 2.75) is 59.5 Å². The van der Waals surface area contributed by atoms with Gasteiger partial charge in [0.15, 0.2) is 0 Å². The molecule has 0 saturated carbocycles. The molecule has 2 nitrogen and oxygen atoms in total. The molecule has 0 bridgehead atoms. The maximum atomic E-state index is 4.11. The highest BCUT2D eigenvalue weighted by molar-refractivity contribution is 7.09. The average molecular weight is 240 g/mol. The van der Waals surface area contributed by atoms with Gasteiger partial charge >= 0.3 is 0 Å². The Morgan fingerprint density at radius 2 is 2.06 bits per heavy atom. The van der Waals surface area contributed by atoms with Gasteiger partial charge in [0.05, 0.1) is 5.51 Å². The minimum Gasteiger partial charge on any atom is -0.307 e. The van der Waals surface area contributed by atoms with Crippen LogP contribution in [0.4, 0.5) is 0 Å². The van der Waals surface area contributed by atoms with E-state index in [0.29, 0.717) is 17.5 Å². The highest BCUT2D eigenvalue weighted by atomic mass is 32.1. The Hall–Kier alpha value is -0.410. The van der Waals surface area contributed by atoms with Gasteiger partial charge in [-0.3, -0.25) is 4.98 Å². The fourth-order valence-electron chi connectivity index (χ4n) is 1.68. The lowest BCUT2D eigenvalue weighted by atomic mass is 9.89. The molecular weight excluding hydrogens is 216 g/mol. The Morgan fingerprint density at radius 1 is 1.38 bits per heavy atom. The summed E-state index contributed by atoms with van der Waals surface area (Å²) in [7, 11) is 0. The molecule has 0 aliphatic carbocycles. The molecule has 1 aromatic rings. The van der Waals surface area contributed by atoms with Crippen molar-refractivity contribution in [1.82, 2.24) is 10.3 Å². The molecule has 0 fully saturated rings. The maximum Gasteiger partial charge on any atom is 0.0794 e. The highest BCUT2D eigenvalue weighted by Crippen LogP contribution is 2.23. The van der Waals surface area contributed by atoms with E-state index in [1.165, 1.54) is 17.7 Å². The monoisotopic (exact) mass is 240 g/mol. The summed E-state index contributed by atoms with van der Waals surface area (Å²) in [6.07, 6.45) is 4.45. The number of hydrogen-bond donors (Lipinski definition) is 1. The van der Waals surface area contributed by atoms with Crippen LogP contribution in [-0.4, -0.2) is 11.0 Å². The summed E-state index contributed by atoms with van der Waals surface area (Å²) < 4.78 is 0. The number of nitrogens with one attached hydrogen (secondary N) is 1. The topological polar surface area (TPSA) is 24.9 Å². The molecule has 2 unspecified atom stereocenters. The number of hydrogen-bond acceptors (Lipinski definition) is 3. The van der Waals surface area contributed by atoms with E-state index < -0.39 is 0 Å². The van der Waals surface area contributed by atoms with Gasteiger partial charge in [0.1, 0.15) is 0 Å². The molecule has 0 aliphatic rings. The molecule has 0 spiro atoms. The van der Waals surface area contributed by atoms with E-state index in [1.54, 1.807) is 11.3 Å². The first-order chi connectivity index (χ1) is 7.38. The lowest BCUT2D eigenvalue weighted by Gasteiger charge is -2.23. The first-order valence-corrected chi connectivity index (χ1v) is 6.91. The Morgan fingerprint density at radius 3 is 2.56 bits per heavy atom. The number of aromatic nitrogens is 1. The standard InChI is InChI=1S/C13H24N2S/c1-10(6-7-13(3,4)5)15-11(2)12-8-14-9-16-12/h8-11,15H,6-7H2,1-5H3. The number of thiazole rings is 1. The largest absolute Gasteiger partial charge is 0.307 e. The van der Waals surface area contributed by atoms with Gasteiger partial charge in [-0.15, -0.1) is 11.3 Å². The summed E-state index contributed by atoms with van der Waals surface area (Å²) in [6.45, 7) is 11.4. The molecule has 1 aromatic heterocycles. The van der Waals surface area contributed by atoms with Gasteiger partial charge in [0.2, 0.25) is 0 Å². The molecule has 1 N–H and O–H groups in total. The molecule has 1 heterocycles. The molecule has 92 valence electrons. The Labute approximate surface area is 103 Å². The van der Waals surface area contributed by atoms with Gasteiger partial charge in [0.25, 0.3) is 0 Å². The van der Waals surface area contributed by atoms with Gasteiger partial charge < -0.3 is 5.32 Å². The van der Waals surface area contributed by atoms with Crippen LogP contribution in [0.25, 0.3) is 0 Å². The summed E-state index contributed by atoms with van der Waals surface area (Å²) >= 11 is 1.72. The minimum atomic E-state index is 0.419. The molecule has 0 saturated heterocycles. The van der Waals surface area contributed by atoms with E-state index in [2.05, 4.69) is 44.9 Å². The van der Waals surface area contributed by atoms with E-state index >= 15 is 0 Å². The normalized spacial score (nSPS) is 16.1. The van der Waals surface area contributed by atoms with Crippen LogP contribution in [0.5, 0.6) is 0 Å². The third-order valence-corrected chi connectivity index (χ3v) is 3.70. The average Bonchev–Trinajstić information content (AvgIpc) is 2.66. The first kappa shape index (κ1) is 13.7. The summed E-state index contributed by atoms with van der Waals surface area (Å²) in [4.78, 5) is 5.44. The van der Waals surface area contributed by atoms with E-state index in [9.17, 15) is 0 Å². The van der Waals surface area contributed by atoms with Crippen molar-refractivity contribution in [2.75, 3.05) is 0 Å². The van der Waals surface area contributed by atoms with Crippen LogP contribution in [0, 0.1) is 5.41 Å². The first-order valence-electron chi connectivity index (χ1n) is 6.03. The van der Waals surface area contributed by atoms with Crippen LogP contribution in [0.2, 0.25) is 0 Å². The smallest absolute Gasteiger partial charge is 0.0794 e. The zero-order valence-electron chi connectivity index (χ0n) is 11.1. The van der Waals surface area contributed by atoms with Crippen molar-refractivity contribution >= 4 is 11.3 Å². The van der Waals surface area contributed by atoms with E-state index in [0.717, 1.165) is 0 Å². The number of nitrogens with zero attached hydrogens (tertiary/aromatic N) is 1. The van der Waals surface area contributed by atoms with E-state index in [1.807, 2.05) is 11.7 Å². The summed E-state index contributed by atoms with van der Waals surface area (Å²) in [5, 5.41) is 3.63. The van der Waals surface area contributed by atoms with Crippen molar-refractivity contribution < 1.29 is 0 Å². The molecule has 0 aliphatic heterocycles. The van der Waals surface area contributed by atoms with Gasteiger partial charge in [-0.1, -0.05) is 20.8 Å². The summed E-state index contributed by atoms with van der Waals surface area (Å²) in [6, 6.07) is 0.985. The van der Waals surface area contributed by atoms with Crippen LogP contribution in [0.3, 0.4) is 0 Å². The molecule has 0 radical (unpaired) electrons. The van der Waals surface area contributed by atoms with Crippen LogP contribution in [0.15, 0.2) is 11.7 Å². The Bertz CT molecular complexity index is 287. The van der Waals surface area contributed by atoms with E-state index in [-0.39, 0.29) is 0 Å². The fraction of sp³-hybridized carbons (Fsp3) is 0.769. The summed E-state index contributed by atoms with van der Waals surface area (Å²) in [5.74, 6) is 0. The third kappa shape index (κ3) is 5.08. The Kier molecular flexibility index (Phi) is 4.93. The summed E-state index contributed by atoms with van der Waals surface area (Å²) in [5.41, 5.74) is 2.33. The zero-order valence-corrected chi connectivity index (χ0v) is 11.9. The van der Waals surface area contributed by atoms with Crippen LogP contribution in [0.1, 0.15) is 58.4 Å². The molecule has 0 aromatic carbocycles. The van der Waals surface area contributed by atoms with Crippen LogP contribution < -0.4 is 5.32 Å². The number of rotatable bonds is 5. The molecule has 16 heavy (non-hydrogen) atoms. The Balaban J connectivity index is 2.32. The molecule has 1 rings (SSSR count). The second-order valence-electron chi connectivity index (χ2n) is 5.79. The van der Waals surface area contributed by atoms with E-state index in [4.69, 9.17) is 0 Å². The predicted octanol–water partition coefficient (Wildman–Crippen LogP) is 4.01. The third-order valence-electron chi connectivity index (χ3n) is 2.74. The van der Waals surface area contributed by atoms with Crippen molar-refractivity contribution in [3.05, 3.63) is 16.6 Å². The fourth-order valence-corrected chi connectivity index (χ4v) is 2.32.